The minimum absolute atomic E-state index is 0.0835. The van der Waals surface area contributed by atoms with Gasteiger partial charge in [0.05, 0.1) is 21.5 Å². The number of alkyl halides is 3. The van der Waals surface area contributed by atoms with E-state index in [0.29, 0.717) is 36.2 Å². The predicted octanol–water partition coefficient (Wildman–Crippen LogP) is 6.97. The lowest BCUT2D eigenvalue weighted by atomic mass is 9.95. The van der Waals surface area contributed by atoms with Crippen molar-refractivity contribution in [3.63, 3.8) is 0 Å². The Bertz CT molecular complexity index is 2360. The predicted molar refractivity (Wildman–Crippen MR) is 200 cm³/mol. The maximum absolute atomic E-state index is 14.3. The molecular weight excluding hydrogens is 738 g/mol. The van der Waals surface area contributed by atoms with Crippen molar-refractivity contribution in [1.29, 1.82) is 0 Å². The van der Waals surface area contributed by atoms with Gasteiger partial charge in [-0.1, -0.05) is 37.3 Å². The molecule has 2 amide bonds. The molecular formula is C39H39F3N6O6S. The molecule has 0 aliphatic carbocycles. The number of carbonyl (C=O) groups excluding carboxylic acids is 1. The number of ether oxygens (including phenoxy) is 1. The van der Waals surface area contributed by atoms with Crippen LogP contribution < -0.4 is 15.0 Å². The summed E-state index contributed by atoms with van der Waals surface area (Å²) in [6.07, 6.45) is -4.30. The third-order valence-corrected chi connectivity index (χ3v) is 11.9. The Hall–Kier alpha value is -5.45. The maximum Gasteiger partial charge on any atom is 0.416 e. The first kappa shape index (κ1) is 37.8. The van der Waals surface area contributed by atoms with Crippen molar-refractivity contribution in [2.45, 2.75) is 50.3 Å². The van der Waals surface area contributed by atoms with Crippen molar-refractivity contribution in [2.24, 2.45) is 0 Å². The zero-order valence-electron chi connectivity index (χ0n) is 30.1. The number of amides is 2. The first-order valence-electron chi connectivity index (χ1n) is 17.8. The molecule has 0 spiro atoms. The van der Waals surface area contributed by atoms with E-state index in [0.717, 1.165) is 34.6 Å². The van der Waals surface area contributed by atoms with Crippen LogP contribution in [0.25, 0.3) is 11.0 Å². The summed E-state index contributed by atoms with van der Waals surface area (Å²) in [6.45, 7) is 7.50. The average molecular weight is 777 g/mol. The zero-order valence-corrected chi connectivity index (χ0v) is 30.9. The summed E-state index contributed by atoms with van der Waals surface area (Å²) in [5.41, 5.74) is 0.469. The molecule has 55 heavy (non-hydrogen) atoms. The van der Waals surface area contributed by atoms with Crippen molar-refractivity contribution in [3.05, 3.63) is 107 Å². The van der Waals surface area contributed by atoms with Crippen molar-refractivity contribution < 1.29 is 41.0 Å². The number of aryl methyl sites for hydroxylation is 2. The van der Waals surface area contributed by atoms with Crippen LogP contribution in [-0.4, -0.2) is 83.0 Å². The number of anilines is 2. The first-order chi connectivity index (χ1) is 26.2. The molecule has 1 fully saturated rings. The molecule has 288 valence electrons. The largest absolute Gasteiger partial charge is 0.465 e. The Morgan fingerprint density at radius 1 is 0.964 bits per heavy atom. The van der Waals surface area contributed by atoms with Gasteiger partial charge in [-0.15, -0.1) is 0 Å². The second-order valence-corrected chi connectivity index (χ2v) is 15.4. The van der Waals surface area contributed by atoms with Gasteiger partial charge in [0.15, 0.2) is 5.65 Å². The third kappa shape index (κ3) is 7.61. The van der Waals surface area contributed by atoms with Gasteiger partial charge in [-0.05, 0) is 79.9 Å². The molecule has 0 saturated carbocycles. The Balaban J connectivity index is 1.13. The third-order valence-electron chi connectivity index (χ3n) is 10.1. The van der Waals surface area contributed by atoms with Gasteiger partial charge < -0.3 is 20.1 Å². The number of benzene rings is 3. The molecule has 16 heteroatoms. The van der Waals surface area contributed by atoms with Gasteiger partial charge in [-0.25, -0.2) is 22.2 Å². The van der Waals surface area contributed by atoms with Crippen molar-refractivity contribution in [3.8, 4) is 11.5 Å². The molecule has 1 unspecified atom stereocenters. The molecule has 1 saturated heterocycles. The molecule has 12 nitrogen and oxygen atoms in total. The van der Waals surface area contributed by atoms with Crippen LogP contribution in [0.2, 0.25) is 0 Å². The Morgan fingerprint density at radius 3 is 2.38 bits per heavy atom. The van der Waals surface area contributed by atoms with E-state index in [1.54, 1.807) is 49.4 Å². The van der Waals surface area contributed by atoms with E-state index < -0.39 is 39.8 Å². The Morgan fingerprint density at radius 2 is 1.69 bits per heavy atom. The lowest BCUT2D eigenvalue weighted by Crippen LogP contribution is -2.49. The number of hydrogen-bond donors (Lipinski definition) is 2. The molecule has 2 N–H and O–H groups in total. The number of piperazine rings is 1. The molecule has 7 rings (SSSR count). The summed E-state index contributed by atoms with van der Waals surface area (Å²) in [5, 5.41) is 13.3. The lowest BCUT2D eigenvalue weighted by Gasteiger charge is -2.35. The fraction of sp³-hybridized carbons (Fsp3) is 0.308. The molecule has 2 aromatic heterocycles. The highest BCUT2D eigenvalue weighted by molar-refractivity contribution is 7.90. The number of aromatic nitrogens is 2. The zero-order chi connectivity index (χ0) is 39.1. The van der Waals surface area contributed by atoms with Crippen LogP contribution in [-0.2, 0) is 34.0 Å². The van der Waals surface area contributed by atoms with Gasteiger partial charge in [0, 0.05) is 56.4 Å². The molecule has 3 aromatic carbocycles. The van der Waals surface area contributed by atoms with Crippen LogP contribution in [0.15, 0.2) is 90.0 Å². The molecule has 4 heterocycles. The summed E-state index contributed by atoms with van der Waals surface area (Å²) in [6, 6.07) is 18.3. The van der Waals surface area contributed by atoms with E-state index in [2.05, 4.69) is 15.2 Å². The molecule has 1 atom stereocenters. The second kappa shape index (κ2) is 15.0. The van der Waals surface area contributed by atoms with Crippen molar-refractivity contribution >= 4 is 44.4 Å². The molecule has 2 aliphatic heterocycles. The van der Waals surface area contributed by atoms with E-state index in [1.165, 1.54) is 36.5 Å². The van der Waals surface area contributed by atoms with Gasteiger partial charge in [-0.2, -0.15) is 13.2 Å². The van der Waals surface area contributed by atoms with Gasteiger partial charge in [0.25, 0.3) is 10.0 Å². The molecule has 5 aromatic rings. The topological polar surface area (TPSA) is 137 Å². The number of carbonyl (C=O) groups is 2. The van der Waals surface area contributed by atoms with Crippen LogP contribution in [0.5, 0.6) is 11.5 Å². The standard InChI is InChI=1S/C39H39F3N6O6S/c1-3-45-17-19-46(20-18-45)24-27-9-12-28(22-32(27)39(40,41)42)44-37(49)33-14-11-26-10-13-29(23-34(26)47(33)38(50)51)54-35-15-16-43-36-31(35)21-25(2)48(36)55(52,53)30-7-5-4-6-8-30/h4-10,12-13,15-16,21-23,33H,3,11,14,17-20,24H2,1-2H3,(H,44,49)(H,50,51). The summed E-state index contributed by atoms with van der Waals surface area (Å²) >= 11 is 0. The molecule has 0 radical (unpaired) electrons. The van der Waals surface area contributed by atoms with E-state index in [-0.39, 0.29) is 51.9 Å². The Kier molecular flexibility index (Phi) is 10.3. The highest BCUT2D eigenvalue weighted by Gasteiger charge is 2.38. The van der Waals surface area contributed by atoms with Gasteiger partial charge in [-0.3, -0.25) is 14.6 Å². The average Bonchev–Trinajstić information content (AvgIpc) is 3.52. The number of hydrogen-bond acceptors (Lipinski definition) is 8. The number of pyridine rings is 1. The van der Waals surface area contributed by atoms with Crippen molar-refractivity contribution in [1.82, 2.24) is 18.8 Å². The number of nitrogens with zero attached hydrogens (tertiary/aromatic N) is 5. The van der Waals surface area contributed by atoms with Crippen LogP contribution in [0.1, 0.15) is 35.7 Å². The highest BCUT2D eigenvalue weighted by Crippen LogP contribution is 2.39. The lowest BCUT2D eigenvalue weighted by molar-refractivity contribution is -0.138. The summed E-state index contributed by atoms with van der Waals surface area (Å²) in [4.78, 5) is 35.9. The van der Waals surface area contributed by atoms with Gasteiger partial charge in [0.1, 0.15) is 17.5 Å². The number of nitrogens with one attached hydrogen (secondary N) is 1. The van der Waals surface area contributed by atoms with Crippen LogP contribution in [0, 0.1) is 6.92 Å². The second-order valence-electron chi connectivity index (χ2n) is 13.6. The SMILES string of the molecule is CCN1CCN(Cc2ccc(NC(=O)C3CCc4ccc(Oc5ccnc6c5cc(C)n6S(=O)(=O)c5ccccc5)cc4N3C(=O)O)cc2C(F)(F)F)CC1. The number of carboxylic acid groups (broad SMARTS) is 1. The van der Waals surface area contributed by atoms with Crippen LogP contribution >= 0.6 is 0 Å². The van der Waals surface area contributed by atoms with E-state index in [1.807, 2.05) is 11.8 Å². The number of likely N-dealkylation sites (N-methyl/N-ethyl adjacent to an activating group) is 1. The smallest absolute Gasteiger partial charge is 0.416 e. The van der Waals surface area contributed by atoms with Gasteiger partial charge >= 0.3 is 12.3 Å². The van der Waals surface area contributed by atoms with Crippen molar-refractivity contribution in [2.75, 3.05) is 42.9 Å². The fourth-order valence-corrected chi connectivity index (χ4v) is 8.81. The highest BCUT2D eigenvalue weighted by atomic mass is 32.2. The van der Waals surface area contributed by atoms with E-state index in [4.69, 9.17) is 4.74 Å². The minimum Gasteiger partial charge on any atom is -0.465 e. The summed E-state index contributed by atoms with van der Waals surface area (Å²) < 4.78 is 77.3. The number of fused-ring (bicyclic) bond motifs is 2. The maximum atomic E-state index is 14.3. The van der Waals surface area contributed by atoms with Crippen LogP contribution in [0.4, 0.5) is 29.3 Å². The fourth-order valence-electron chi connectivity index (χ4n) is 7.30. The minimum atomic E-state index is -4.67. The number of halogens is 3. The first-order valence-corrected chi connectivity index (χ1v) is 19.2. The molecule has 2 aliphatic rings. The monoisotopic (exact) mass is 776 g/mol. The Labute approximate surface area is 315 Å². The quantitative estimate of drug-likeness (QED) is 0.163. The normalized spacial score (nSPS) is 16.9. The summed E-state index contributed by atoms with van der Waals surface area (Å²) in [5.74, 6) is -0.311. The summed E-state index contributed by atoms with van der Waals surface area (Å²) in [7, 11) is -4.00. The number of rotatable bonds is 9. The van der Waals surface area contributed by atoms with E-state index >= 15 is 0 Å². The van der Waals surface area contributed by atoms with Crippen LogP contribution in [0.3, 0.4) is 0 Å². The van der Waals surface area contributed by atoms with E-state index in [9.17, 15) is 36.3 Å². The molecule has 0 bridgehead atoms. The van der Waals surface area contributed by atoms with Gasteiger partial charge in [0.2, 0.25) is 5.91 Å².